The van der Waals surface area contributed by atoms with Crippen molar-refractivity contribution in [1.29, 1.82) is 0 Å². The van der Waals surface area contributed by atoms with Crippen LogP contribution in [0.25, 0.3) is 0 Å². The van der Waals surface area contributed by atoms with Gasteiger partial charge in [-0.05, 0) is 29.7 Å². The first-order valence-electron chi connectivity index (χ1n) is 10.3. The molecule has 0 unspecified atom stereocenters. The second-order valence-electron chi connectivity index (χ2n) is 7.42. The summed E-state index contributed by atoms with van der Waals surface area (Å²) in [5.41, 5.74) is 2.41. The van der Waals surface area contributed by atoms with Crippen LogP contribution in [-0.4, -0.2) is 61.6 Å². The molecule has 0 atom stereocenters. The number of benzene rings is 2. The van der Waals surface area contributed by atoms with Gasteiger partial charge in [0.05, 0.1) is 13.2 Å². The Kier molecular flexibility index (Phi) is 8.96. The van der Waals surface area contributed by atoms with Crippen LogP contribution in [0.4, 0.5) is 0 Å². The van der Waals surface area contributed by atoms with Crippen LogP contribution in [0, 0.1) is 0 Å². The molecule has 6 heteroatoms. The van der Waals surface area contributed by atoms with Gasteiger partial charge in [0.1, 0.15) is 0 Å². The minimum atomic E-state index is 0.0938. The lowest BCUT2D eigenvalue weighted by Crippen LogP contribution is -2.49. The van der Waals surface area contributed by atoms with Gasteiger partial charge < -0.3 is 10.1 Å². The lowest BCUT2D eigenvalue weighted by atomic mass is 10.2. The lowest BCUT2D eigenvalue weighted by molar-refractivity contribution is -0.122. The number of carbonyl (C=O) groups is 1. The molecule has 1 amide bonds. The van der Waals surface area contributed by atoms with Crippen LogP contribution >= 0.6 is 11.6 Å². The van der Waals surface area contributed by atoms with Crippen molar-refractivity contribution >= 4 is 17.5 Å². The van der Waals surface area contributed by atoms with Crippen molar-refractivity contribution in [3.8, 4) is 0 Å². The fraction of sp³-hybridized carbons (Fsp3) is 0.435. The third-order valence-corrected chi connectivity index (χ3v) is 5.26. The third-order valence-electron chi connectivity index (χ3n) is 5.03. The Hall–Kier alpha value is -1.92. The molecule has 0 spiro atoms. The maximum Gasteiger partial charge on any atom is 0.234 e. The highest BCUT2D eigenvalue weighted by molar-refractivity contribution is 6.30. The number of halogens is 1. The van der Waals surface area contributed by atoms with Gasteiger partial charge >= 0.3 is 0 Å². The van der Waals surface area contributed by atoms with E-state index in [0.717, 1.165) is 44.2 Å². The Bertz CT molecular complexity index is 749. The van der Waals surface area contributed by atoms with Crippen molar-refractivity contribution in [2.75, 3.05) is 45.9 Å². The highest BCUT2D eigenvalue weighted by Crippen LogP contribution is 2.14. The van der Waals surface area contributed by atoms with Crippen LogP contribution in [0.5, 0.6) is 0 Å². The number of rotatable bonds is 10. The van der Waals surface area contributed by atoms with Gasteiger partial charge in [-0.3, -0.25) is 14.6 Å². The summed E-state index contributed by atoms with van der Waals surface area (Å²) in [5, 5.41) is 3.78. The minimum absolute atomic E-state index is 0.0938. The first-order chi connectivity index (χ1) is 14.2. The maximum atomic E-state index is 12.2. The van der Waals surface area contributed by atoms with Gasteiger partial charge in [0, 0.05) is 50.9 Å². The smallest absolute Gasteiger partial charge is 0.234 e. The molecule has 5 nitrogen and oxygen atoms in total. The first kappa shape index (κ1) is 21.8. The molecule has 3 rings (SSSR count). The van der Waals surface area contributed by atoms with Gasteiger partial charge in [-0.2, -0.15) is 0 Å². The molecule has 0 aliphatic carbocycles. The molecule has 0 saturated carbocycles. The predicted molar refractivity (Wildman–Crippen MR) is 117 cm³/mol. The highest BCUT2D eigenvalue weighted by atomic mass is 35.5. The molecular weight excluding hydrogens is 386 g/mol. The van der Waals surface area contributed by atoms with Gasteiger partial charge in [-0.15, -0.1) is 0 Å². The molecule has 1 N–H and O–H groups in total. The molecule has 29 heavy (non-hydrogen) atoms. The van der Waals surface area contributed by atoms with Crippen LogP contribution in [0.1, 0.15) is 17.5 Å². The quantitative estimate of drug-likeness (QED) is 0.605. The largest absolute Gasteiger partial charge is 0.377 e. The summed E-state index contributed by atoms with van der Waals surface area (Å²) in [4.78, 5) is 16.8. The number of carbonyl (C=O) groups excluding carboxylic acids is 1. The maximum absolute atomic E-state index is 12.2. The topological polar surface area (TPSA) is 44.8 Å². The van der Waals surface area contributed by atoms with E-state index in [0.29, 0.717) is 26.3 Å². The second-order valence-corrected chi connectivity index (χ2v) is 7.86. The molecule has 1 fully saturated rings. The Morgan fingerprint density at radius 2 is 1.69 bits per heavy atom. The van der Waals surface area contributed by atoms with Gasteiger partial charge in [0.25, 0.3) is 0 Å². The molecule has 2 aromatic carbocycles. The van der Waals surface area contributed by atoms with E-state index in [1.165, 1.54) is 11.1 Å². The summed E-state index contributed by atoms with van der Waals surface area (Å²) in [6.07, 6.45) is 0.825. The fourth-order valence-electron chi connectivity index (χ4n) is 3.42. The number of piperazine rings is 1. The number of nitrogens with zero attached hydrogens (tertiary/aromatic N) is 2. The summed E-state index contributed by atoms with van der Waals surface area (Å²) in [7, 11) is 0. The van der Waals surface area contributed by atoms with E-state index in [1.807, 2.05) is 36.4 Å². The van der Waals surface area contributed by atoms with Crippen molar-refractivity contribution < 1.29 is 9.53 Å². The molecule has 0 radical (unpaired) electrons. The zero-order chi connectivity index (χ0) is 20.3. The molecular formula is C23H30ClN3O2. The normalized spacial score (nSPS) is 15.3. The first-order valence-corrected chi connectivity index (χ1v) is 10.6. The van der Waals surface area contributed by atoms with Gasteiger partial charge in [0.15, 0.2) is 0 Å². The van der Waals surface area contributed by atoms with Crippen LogP contribution in [-0.2, 0) is 22.7 Å². The number of nitrogens with one attached hydrogen (secondary N) is 1. The van der Waals surface area contributed by atoms with Crippen LogP contribution < -0.4 is 5.32 Å². The Morgan fingerprint density at radius 3 is 2.45 bits per heavy atom. The van der Waals surface area contributed by atoms with Gasteiger partial charge in [0.2, 0.25) is 5.91 Å². The Labute approximate surface area is 178 Å². The van der Waals surface area contributed by atoms with Crippen molar-refractivity contribution in [1.82, 2.24) is 15.1 Å². The molecule has 1 saturated heterocycles. The average molecular weight is 416 g/mol. The van der Waals surface area contributed by atoms with Crippen LogP contribution in [0.3, 0.4) is 0 Å². The standard InChI is InChI=1S/C23H30ClN3O2/c24-22-9-4-8-21(16-22)17-26-11-13-27(14-12-26)18-23(28)25-10-5-15-29-19-20-6-2-1-3-7-20/h1-4,6-9,16H,5,10-15,17-19H2,(H,25,28). The second kappa shape index (κ2) is 11.9. The number of ether oxygens (including phenoxy) is 1. The van der Waals surface area contributed by atoms with E-state index in [2.05, 4.69) is 33.3 Å². The summed E-state index contributed by atoms with van der Waals surface area (Å²) in [6.45, 7) is 7.05. The van der Waals surface area contributed by atoms with Crippen molar-refractivity contribution in [3.63, 3.8) is 0 Å². The van der Waals surface area contributed by atoms with Crippen molar-refractivity contribution in [3.05, 3.63) is 70.7 Å². The van der Waals surface area contributed by atoms with Crippen molar-refractivity contribution in [2.24, 2.45) is 0 Å². The Morgan fingerprint density at radius 1 is 0.966 bits per heavy atom. The van der Waals surface area contributed by atoms with E-state index in [1.54, 1.807) is 0 Å². The molecule has 1 aliphatic rings. The fourth-order valence-corrected chi connectivity index (χ4v) is 3.64. The van der Waals surface area contributed by atoms with Gasteiger partial charge in [-0.25, -0.2) is 0 Å². The molecule has 1 aliphatic heterocycles. The molecule has 0 aromatic heterocycles. The third kappa shape index (κ3) is 8.15. The number of hydrogen-bond donors (Lipinski definition) is 1. The summed E-state index contributed by atoms with van der Waals surface area (Å²) in [5.74, 6) is 0.0938. The van der Waals surface area contributed by atoms with Crippen LogP contribution in [0.2, 0.25) is 5.02 Å². The van der Waals surface area contributed by atoms with E-state index in [-0.39, 0.29) is 5.91 Å². The molecule has 1 heterocycles. The number of hydrogen-bond acceptors (Lipinski definition) is 4. The van der Waals surface area contributed by atoms with Crippen LogP contribution in [0.15, 0.2) is 54.6 Å². The average Bonchev–Trinajstić information content (AvgIpc) is 2.73. The monoisotopic (exact) mass is 415 g/mol. The number of amides is 1. The SMILES string of the molecule is O=C(CN1CCN(Cc2cccc(Cl)c2)CC1)NCCCOCc1ccccc1. The summed E-state index contributed by atoms with van der Waals surface area (Å²) < 4.78 is 5.64. The molecule has 156 valence electrons. The van der Waals surface area contributed by atoms with E-state index in [9.17, 15) is 4.79 Å². The minimum Gasteiger partial charge on any atom is -0.377 e. The zero-order valence-corrected chi connectivity index (χ0v) is 17.6. The summed E-state index contributed by atoms with van der Waals surface area (Å²) in [6, 6.07) is 18.1. The van der Waals surface area contributed by atoms with E-state index < -0.39 is 0 Å². The predicted octanol–water partition coefficient (Wildman–Crippen LogP) is 3.18. The highest BCUT2D eigenvalue weighted by Gasteiger charge is 2.18. The summed E-state index contributed by atoms with van der Waals surface area (Å²) >= 11 is 6.06. The Balaban J connectivity index is 1.23. The zero-order valence-electron chi connectivity index (χ0n) is 16.9. The van der Waals surface area contributed by atoms with Crippen molar-refractivity contribution in [2.45, 2.75) is 19.6 Å². The molecule has 0 bridgehead atoms. The van der Waals surface area contributed by atoms with E-state index >= 15 is 0 Å². The lowest BCUT2D eigenvalue weighted by Gasteiger charge is -2.34. The van der Waals surface area contributed by atoms with E-state index in [4.69, 9.17) is 16.3 Å². The molecule has 2 aromatic rings. The van der Waals surface area contributed by atoms with Gasteiger partial charge in [-0.1, -0.05) is 54.1 Å².